The van der Waals surface area contributed by atoms with Crippen molar-refractivity contribution in [2.75, 3.05) is 19.7 Å². The summed E-state index contributed by atoms with van der Waals surface area (Å²) in [5.74, 6) is 0.264. The van der Waals surface area contributed by atoms with Crippen LogP contribution < -0.4 is 0 Å². The van der Waals surface area contributed by atoms with E-state index in [-0.39, 0.29) is 12.5 Å². The normalized spacial score (nSPS) is 24.4. The van der Waals surface area contributed by atoms with Gasteiger partial charge in [-0.15, -0.1) is 0 Å². The van der Waals surface area contributed by atoms with Gasteiger partial charge in [-0.1, -0.05) is 0 Å². The van der Waals surface area contributed by atoms with Crippen molar-refractivity contribution in [2.45, 2.75) is 31.7 Å². The Bertz CT molecular complexity index is 204. The summed E-state index contributed by atoms with van der Waals surface area (Å²) in [5.41, 5.74) is 0. The zero-order valence-electron chi connectivity index (χ0n) is 7.78. The van der Waals surface area contributed by atoms with Crippen LogP contribution in [0.4, 0.5) is 0 Å². The second-order valence-electron chi connectivity index (χ2n) is 3.75. The quantitative estimate of drug-likeness (QED) is 0.668. The van der Waals surface area contributed by atoms with Crippen LogP contribution in [0.5, 0.6) is 0 Å². The smallest absolute Gasteiger partial charge is 0.238 e. The van der Waals surface area contributed by atoms with Crippen molar-refractivity contribution < 1.29 is 9.90 Å². The molecule has 1 saturated heterocycles. The van der Waals surface area contributed by atoms with Crippen LogP contribution in [0.15, 0.2) is 0 Å². The predicted octanol–water partition coefficient (Wildman–Crippen LogP) is -0.0195. The first-order valence-corrected chi connectivity index (χ1v) is 5.00. The highest BCUT2D eigenvalue weighted by atomic mass is 16.3. The average Bonchev–Trinajstić information content (AvgIpc) is 2.88. The van der Waals surface area contributed by atoms with Crippen molar-refractivity contribution in [2.24, 2.45) is 0 Å². The van der Waals surface area contributed by atoms with Gasteiger partial charge in [0.25, 0.3) is 0 Å². The van der Waals surface area contributed by atoms with E-state index in [1.165, 1.54) is 0 Å². The molecule has 1 saturated carbocycles. The number of hydrazine groups is 1. The second kappa shape index (κ2) is 3.64. The standard InChI is InChI=1S/C9H16N2O2/c12-7-1-5-10-6-4-9(13)11(10)8-2-3-8/h8,12H,1-7H2. The topological polar surface area (TPSA) is 43.8 Å². The molecule has 4 heteroatoms. The molecule has 2 rings (SSSR count). The zero-order chi connectivity index (χ0) is 9.26. The molecule has 1 aliphatic heterocycles. The van der Waals surface area contributed by atoms with E-state index in [0.717, 1.165) is 32.4 Å². The van der Waals surface area contributed by atoms with E-state index in [4.69, 9.17) is 5.11 Å². The van der Waals surface area contributed by atoms with E-state index >= 15 is 0 Å². The number of hydrogen-bond acceptors (Lipinski definition) is 3. The van der Waals surface area contributed by atoms with Gasteiger partial charge in [-0.05, 0) is 19.3 Å². The molecule has 0 atom stereocenters. The molecule has 4 nitrogen and oxygen atoms in total. The van der Waals surface area contributed by atoms with E-state index in [2.05, 4.69) is 5.01 Å². The lowest BCUT2D eigenvalue weighted by molar-refractivity contribution is -0.139. The van der Waals surface area contributed by atoms with Crippen LogP contribution in [0.3, 0.4) is 0 Å². The van der Waals surface area contributed by atoms with Gasteiger partial charge in [0.05, 0.1) is 0 Å². The van der Waals surface area contributed by atoms with Crippen molar-refractivity contribution in [1.82, 2.24) is 10.0 Å². The zero-order valence-corrected chi connectivity index (χ0v) is 7.78. The van der Waals surface area contributed by atoms with Gasteiger partial charge in [0, 0.05) is 32.2 Å². The minimum absolute atomic E-state index is 0.212. The lowest BCUT2D eigenvalue weighted by atomic mass is 10.4. The van der Waals surface area contributed by atoms with Gasteiger partial charge < -0.3 is 5.11 Å². The molecule has 0 radical (unpaired) electrons. The number of amides is 1. The maximum atomic E-state index is 11.5. The highest BCUT2D eigenvalue weighted by molar-refractivity contribution is 5.78. The molecule has 1 aliphatic carbocycles. The lowest BCUT2D eigenvalue weighted by Gasteiger charge is -2.27. The Morgan fingerprint density at radius 2 is 2.23 bits per heavy atom. The monoisotopic (exact) mass is 184 g/mol. The Labute approximate surface area is 78.1 Å². The Hall–Kier alpha value is -0.610. The molecule has 0 spiro atoms. The van der Waals surface area contributed by atoms with E-state index < -0.39 is 0 Å². The molecule has 0 aromatic heterocycles. The minimum Gasteiger partial charge on any atom is -0.396 e. The van der Waals surface area contributed by atoms with Crippen LogP contribution in [0.1, 0.15) is 25.7 Å². The SMILES string of the molecule is O=C1CCN(CCCO)N1C1CC1. The maximum Gasteiger partial charge on any atom is 0.238 e. The Balaban J connectivity index is 1.90. The third kappa shape index (κ3) is 1.84. The molecule has 0 unspecified atom stereocenters. The minimum atomic E-state index is 0.212. The van der Waals surface area contributed by atoms with Gasteiger partial charge in [-0.25, -0.2) is 5.01 Å². The van der Waals surface area contributed by atoms with Crippen molar-refractivity contribution in [3.63, 3.8) is 0 Å². The Kier molecular flexibility index (Phi) is 2.51. The summed E-state index contributed by atoms with van der Waals surface area (Å²) in [5, 5.41) is 12.7. The van der Waals surface area contributed by atoms with Gasteiger partial charge >= 0.3 is 0 Å². The van der Waals surface area contributed by atoms with Crippen molar-refractivity contribution in [3.8, 4) is 0 Å². The van der Waals surface area contributed by atoms with E-state index in [0.29, 0.717) is 12.5 Å². The summed E-state index contributed by atoms with van der Waals surface area (Å²) in [7, 11) is 0. The molecule has 0 aromatic carbocycles. The lowest BCUT2D eigenvalue weighted by Crippen LogP contribution is -2.41. The van der Waals surface area contributed by atoms with Crippen LogP contribution in [-0.2, 0) is 4.79 Å². The summed E-state index contributed by atoms with van der Waals surface area (Å²) in [6, 6.07) is 0.480. The number of hydrogen-bond donors (Lipinski definition) is 1. The predicted molar refractivity (Wildman–Crippen MR) is 47.8 cm³/mol. The highest BCUT2D eigenvalue weighted by Gasteiger charge is 2.39. The van der Waals surface area contributed by atoms with Crippen LogP contribution in [0.2, 0.25) is 0 Å². The fourth-order valence-electron chi connectivity index (χ4n) is 1.83. The first-order valence-electron chi connectivity index (χ1n) is 5.00. The number of aliphatic hydroxyl groups excluding tert-OH is 1. The first-order chi connectivity index (χ1) is 6.33. The molecule has 1 heterocycles. The summed E-state index contributed by atoms with van der Waals surface area (Å²) in [4.78, 5) is 11.5. The van der Waals surface area contributed by atoms with Crippen LogP contribution in [-0.4, -0.2) is 46.8 Å². The van der Waals surface area contributed by atoms with Gasteiger partial charge in [0.2, 0.25) is 5.91 Å². The Morgan fingerprint density at radius 3 is 2.85 bits per heavy atom. The highest BCUT2D eigenvalue weighted by Crippen LogP contribution is 2.31. The van der Waals surface area contributed by atoms with Crippen LogP contribution in [0.25, 0.3) is 0 Å². The molecular formula is C9H16N2O2. The molecule has 13 heavy (non-hydrogen) atoms. The van der Waals surface area contributed by atoms with Crippen molar-refractivity contribution >= 4 is 5.91 Å². The largest absolute Gasteiger partial charge is 0.396 e. The number of rotatable bonds is 4. The third-order valence-electron chi connectivity index (χ3n) is 2.61. The fraction of sp³-hybridized carbons (Fsp3) is 0.889. The first kappa shape index (κ1) is 8.97. The maximum absolute atomic E-state index is 11.5. The van der Waals surface area contributed by atoms with Crippen molar-refractivity contribution in [1.29, 1.82) is 0 Å². The molecule has 0 bridgehead atoms. The molecule has 1 N–H and O–H groups in total. The summed E-state index contributed by atoms with van der Waals surface area (Å²) < 4.78 is 0. The van der Waals surface area contributed by atoms with Gasteiger partial charge in [-0.3, -0.25) is 9.80 Å². The molecule has 1 amide bonds. The molecule has 74 valence electrons. The van der Waals surface area contributed by atoms with Gasteiger partial charge in [-0.2, -0.15) is 0 Å². The van der Waals surface area contributed by atoms with E-state index in [1.54, 1.807) is 0 Å². The molecule has 2 aliphatic rings. The summed E-state index contributed by atoms with van der Waals surface area (Å²) in [6.07, 6.45) is 3.72. The van der Waals surface area contributed by atoms with E-state index in [9.17, 15) is 4.79 Å². The summed E-state index contributed by atoms with van der Waals surface area (Å²) >= 11 is 0. The van der Waals surface area contributed by atoms with Gasteiger partial charge in [0.1, 0.15) is 0 Å². The number of aliphatic hydroxyl groups is 1. The van der Waals surface area contributed by atoms with E-state index in [1.807, 2.05) is 5.01 Å². The number of nitrogens with zero attached hydrogens (tertiary/aromatic N) is 2. The molecule has 0 aromatic rings. The number of carbonyl (C=O) groups excluding carboxylic acids is 1. The molecular weight excluding hydrogens is 168 g/mol. The Morgan fingerprint density at radius 1 is 1.46 bits per heavy atom. The number of carbonyl (C=O) groups is 1. The fourth-order valence-corrected chi connectivity index (χ4v) is 1.83. The second-order valence-corrected chi connectivity index (χ2v) is 3.75. The van der Waals surface area contributed by atoms with Crippen LogP contribution >= 0.6 is 0 Å². The summed E-state index contributed by atoms with van der Waals surface area (Å²) in [6.45, 7) is 1.87. The molecule has 2 fully saturated rings. The van der Waals surface area contributed by atoms with Crippen LogP contribution in [0, 0.1) is 0 Å². The average molecular weight is 184 g/mol. The van der Waals surface area contributed by atoms with Crippen molar-refractivity contribution in [3.05, 3.63) is 0 Å². The third-order valence-corrected chi connectivity index (χ3v) is 2.61. The van der Waals surface area contributed by atoms with Gasteiger partial charge in [0.15, 0.2) is 0 Å².